The Labute approximate surface area is 102 Å². The average Bonchev–Trinajstić information content (AvgIpc) is 2.52. The van der Waals surface area contributed by atoms with Gasteiger partial charge in [0.15, 0.2) is 0 Å². The average molecular weight is 243 g/mol. The molecule has 1 saturated heterocycles. The standard InChI is InChI=1S/C12H21NO4/c1-12(2)8-13(6-9(12)7-17-3)10(14)4-5-11(15)16/h9H,4-8H2,1-3H3,(H,15,16)/t9-/m1/s1. The van der Waals surface area contributed by atoms with E-state index in [0.717, 1.165) is 0 Å². The van der Waals surface area contributed by atoms with Gasteiger partial charge in [0.25, 0.3) is 0 Å². The van der Waals surface area contributed by atoms with Gasteiger partial charge in [0.2, 0.25) is 5.91 Å². The molecule has 0 spiro atoms. The van der Waals surface area contributed by atoms with E-state index >= 15 is 0 Å². The fourth-order valence-electron chi connectivity index (χ4n) is 2.24. The number of likely N-dealkylation sites (tertiary alicyclic amines) is 1. The zero-order valence-corrected chi connectivity index (χ0v) is 10.7. The Bertz CT molecular complexity index is 301. The number of amides is 1. The van der Waals surface area contributed by atoms with Crippen LogP contribution in [0.15, 0.2) is 0 Å². The van der Waals surface area contributed by atoms with E-state index < -0.39 is 5.97 Å². The minimum Gasteiger partial charge on any atom is -0.481 e. The molecule has 1 aliphatic heterocycles. The zero-order chi connectivity index (χ0) is 13.1. The molecule has 1 rings (SSSR count). The maximum absolute atomic E-state index is 11.8. The first-order valence-electron chi connectivity index (χ1n) is 5.85. The summed E-state index contributed by atoms with van der Waals surface area (Å²) in [5.41, 5.74) is 0.0366. The van der Waals surface area contributed by atoms with Crippen molar-refractivity contribution in [2.75, 3.05) is 26.8 Å². The van der Waals surface area contributed by atoms with Crippen LogP contribution in [0.1, 0.15) is 26.7 Å². The smallest absolute Gasteiger partial charge is 0.303 e. The first-order valence-corrected chi connectivity index (χ1v) is 5.85. The molecule has 1 N–H and O–H groups in total. The summed E-state index contributed by atoms with van der Waals surface area (Å²) in [7, 11) is 1.66. The Kier molecular flexibility index (Phi) is 4.51. The Balaban J connectivity index is 2.52. The fourth-order valence-corrected chi connectivity index (χ4v) is 2.24. The molecule has 0 saturated carbocycles. The summed E-state index contributed by atoms with van der Waals surface area (Å²) < 4.78 is 5.16. The number of hydrogen-bond donors (Lipinski definition) is 1. The molecule has 5 nitrogen and oxygen atoms in total. The van der Waals surface area contributed by atoms with Crippen LogP contribution in [0, 0.1) is 11.3 Å². The SMILES string of the molecule is COC[C@H]1CN(C(=O)CCC(=O)O)CC1(C)C. The van der Waals surface area contributed by atoms with Gasteiger partial charge in [-0.1, -0.05) is 13.8 Å². The van der Waals surface area contributed by atoms with Crippen molar-refractivity contribution in [3.63, 3.8) is 0 Å². The van der Waals surface area contributed by atoms with Crippen molar-refractivity contribution < 1.29 is 19.4 Å². The number of carboxylic acid groups (broad SMARTS) is 1. The molecule has 1 heterocycles. The Morgan fingerprint density at radius 1 is 1.41 bits per heavy atom. The van der Waals surface area contributed by atoms with Gasteiger partial charge in [-0.05, 0) is 5.41 Å². The van der Waals surface area contributed by atoms with Gasteiger partial charge in [-0.15, -0.1) is 0 Å². The topological polar surface area (TPSA) is 66.8 Å². The summed E-state index contributed by atoms with van der Waals surface area (Å²) in [6.07, 6.45) is -0.00415. The third kappa shape index (κ3) is 3.70. The second kappa shape index (κ2) is 5.49. The number of carbonyl (C=O) groups is 2. The second-order valence-corrected chi connectivity index (χ2v) is 5.31. The first-order chi connectivity index (χ1) is 7.86. The molecule has 1 atom stereocenters. The maximum Gasteiger partial charge on any atom is 0.303 e. The minimum atomic E-state index is -0.926. The molecule has 0 radical (unpaired) electrons. The predicted molar refractivity (Wildman–Crippen MR) is 62.6 cm³/mol. The lowest BCUT2D eigenvalue weighted by Gasteiger charge is -2.24. The lowest BCUT2D eigenvalue weighted by Crippen LogP contribution is -2.30. The number of hydrogen-bond acceptors (Lipinski definition) is 3. The van der Waals surface area contributed by atoms with E-state index in [0.29, 0.717) is 25.6 Å². The van der Waals surface area contributed by atoms with E-state index in [1.165, 1.54) is 0 Å². The molecule has 17 heavy (non-hydrogen) atoms. The summed E-state index contributed by atoms with van der Waals surface area (Å²) in [6.45, 7) is 6.21. The highest BCUT2D eigenvalue weighted by Crippen LogP contribution is 2.35. The monoisotopic (exact) mass is 243 g/mol. The summed E-state index contributed by atoms with van der Waals surface area (Å²) in [6, 6.07) is 0. The van der Waals surface area contributed by atoms with E-state index in [1.807, 2.05) is 0 Å². The number of carboxylic acids is 1. The molecule has 0 unspecified atom stereocenters. The van der Waals surface area contributed by atoms with Crippen LogP contribution >= 0.6 is 0 Å². The van der Waals surface area contributed by atoms with Crippen LogP contribution in [0.3, 0.4) is 0 Å². The first kappa shape index (κ1) is 14.0. The summed E-state index contributed by atoms with van der Waals surface area (Å²) in [4.78, 5) is 24.0. The van der Waals surface area contributed by atoms with Crippen molar-refractivity contribution in [3.05, 3.63) is 0 Å². The van der Waals surface area contributed by atoms with Crippen LogP contribution in [0.25, 0.3) is 0 Å². The summed E-state index contributed by atoms with van der Waals surface area (Å²) >= 11 is 0. The van der Waals surface area contributed by atoms with Crippen LogP contribution in [0.5, 0.6) is 0 Å². The Morgan fingerprint density at radius 2 is 2.06 bits per heavy atom. The van der Waals surface area contributed by atoms with E-state index in [2.05, 4.69) is 13.8 Å². The molecule has 0 aromatic carbocycles. The van der Waals surface area contributed by atoms with Crippen LogP contribution < -0.4 is 0 Å². The van der Waals surface area contributed by atoms with Gasteiger partial charge in [-0.2, -0.15) is 0 Å². The molecule has 0 aromatic rings. The molecule has 5 heteroatoms. The van der Waals surface area contributed by atoms with E-state index in [1.54, 1.807) is 12.0 Å². The van der Waals surface area contributed by atoms with Crippen molar-refractivity contribution in [2.45, 2.75) is 26.7 Å². The third-order valence-corrected chi connectivity index (χ3v) is 3.42. The Hall–Kier alpha value is -1.10. The highest BCUT2D eigenvalue weighted by atomic mass is 16.5. The highest BCUT2D eigenvalue weighted by molar-refractivity contribution is 5.81. The predicted octanol–water partition coefficient (Wildman–Crippen LogP) is 0.982. The van der Waals surface area contributed by atoms with Gasteiger partial charge in [0.05, 0.1) is 13.0 Å². The normalized spacial score (nSPS) is 22.8. The fraction of sp³-hybridized carbons (Fsp3) is 0.833. The molecule has 98 valence electrons. The quantitative estimate of drug-likeness (QED) is 0.781. The van der Waals surface area contributed by atoms with E-state index in [9.17, 15) is 9.59 Å². The molecular formula is C12H21NO4. The molecular weight excluding hydrogens is 222 g/mol. The van der Waals surface area contributed by atoms with Crippen molar-refractivity contribution in [2.24, 2.45) is 11.3 Å². The van der Waals surface area contributed by atoms with Gasteiger partial charge >= 0.3 is 5.97 Å². The molecule has 1 amide bonds. The van der Waals surface area contributed by atoms with Gasteiger partial charge in [-0.3, -0.25) is 9.59 Å². The number of ether oxygens (including phenoxy) is 1. The molecule has 0 aromatic heterocycles. The van der Waals surface area contributed by atoms with Crippen molar-refractivity contribution >= 4 is 11.9 Å². The lowest BCUT2D eigenvalue weighted by molar-refractivity contribution is -0.140. The van der Waals surface area contributed by atoms with Crippen LogP contribution in [0.2, 0.25) is 0 Å². The number of nitrogens with zero attached hydrogens (tertiary/aromatic N) is 1. The van der Waals surface area contributed by atoms with Gasteiger partial charge < -0.3 is 14.7 Å². The van der Waals surface area contributed by atoms with E-state index in [-0.39, 0.29) is 24.2 Å². The van der Waals surface area contributed by atoms with Crippen LogP contribution in [-0.2, 0) is 14.3 Å². The van der Waals surface area contributed by atoms with Gasteiger partial charge in [-0.25, -0.2) is 0 Å². The molecule has 1 aliphatic rings. The highest BCUT2D eigenvalue weighted by Gasteiger charge is 2.40. The minimum absolute atomic E-state index is 0.0366. The van der Waals surface area contributed by atoms with Gasteiger partial charge in [0.1, 0.15) is 0 Å². The number of aliphatic carboxylic acids is 1. The summed E-state index contributed by atoms with van der Waals surface area (Å²) in [5, 5.41) is 8.55. The molecule has 1 fully saturated rings. The largest absolute Gasteiger partial charge is 0.481 e. The number of carbonyl (C=O) groups excluding carboxylic acids is 1. The van der Waals surface area contributed by atoms with Crippen LogP contribution in [-0.4, -0.2) is 48.7 Å². The second-order valence-electron chi connectivity index (χ2n) is 5.31. The van der Waals surface area contributed by atoms with E-state index in [4.69, 9.17) is 9.84 Å². The Morgan fingerprint density at radius 3 is 2.59 bits per heavy atom. The van der Waals surface area contributed by atoms with Gasteiger partial charge in [0, 0.05) is 32.5 Å². The number of rotatable bonds is 5. The van der Waals surface area contributed by atoms with Crippen molar-refractivity contribution in [1.82, 2.24) is 4.90 Å². The zero-order valence-electron chi connectivity index (χ0n) is 10.7. The number of methoxy groups -OCH3 is 1. The summed E-state index contributed by atoms with van der Waals surface area (Å²) in [5.74, 6) is -0.675. The van der Waals surface area contributed by atoms with Crippen molar-refractivity contribution in [3.8, 4) is 0 Å². The molecule has 0 aliphatic carbocycles. The van der Waals surface area contributed by atoms with Crippen LogP contribution in [0.4, 0.5) is 0 Å². The lowest BCUT2D eigenvalue weighted by atomic mass is 9.83. The van der Waals surface area contributed by atoms with Crippen molar-refractivity contribution in [1.29, 1.82) is 0 Å². The maximum atomic E-state index is 11.8. The third-order valence-electron chi connectivity index (χ3n) is 3.42. The molecule has 0 bridgehead atoms.